The van der Waals surface area contributed by atoms with Crippen molar-refractivity contribution in [1.82, 2.24) is 0 Å². The third kappa shape index (κ3) is 3.71. The number of hydrogen-bond donors (Lipinski definition) is 0. The molecule has 0 aromatic heterocycles. The Labute approximate surface area is 89.9 Å². The molecule has 0 aliphatic carbocycles. The summed E-state index contributed by atoms with van der Waals surface area (Å²) in [6, 6.07) is 3.12. The Morgan fingerprint density at radius 2 is 2.20 bits per heavy atom. The second-order valence-electron chi connectivity index (χ2n) is 2.52. The smallest absolute Gasteiger partial charge is 0.330 e. The molecule has 1 rings (SSSR count). The lowest BCUT2D eigenvalue weighted by Gasteiger charge is -1.98. The topological polar surface area (TPSA) is 26.3 Å². The zero-order chi connectivity index (χ0) is 11.3. The van der Waals surface area contributed by atoms with E-state index in [4.69, 9.17) is 0 Å². The minimum absolute atomic E-state index is 0.121. The average molecular weight is 230 g/mol. The molecule has 80 valence electrons. The highest BCUT2D eigenvalue weighted by Crippen LogP contribution is 2.23. The quantitative estimate of drug-likeness (QED) is 0.453. The third-order valence-electron chi connectivity index (χ3n) is 1.49. The Morgan fingerprint density at radius 1 is 1.47 bits per heavy atom. The first-order chi connectivity index (χ1) is 7.13. The van der Waals surface area contributed by atoms with Gasteiger partial charge >= 0.3 is 5.97 Å². The van der Waals surface area contributed by atoms with Gasteiger partial charge in [0.05, 0.1) is 12.0 Å². The summed E-state index contributed by atoms with van der Waals surface area (Å²) < 4.78 is 30.1. The summed E-state index contributed by atoms with van der Waals surface area (Å²) in [4.78, 5) is 10.8. The number of methoxy groups -OCH3 is 1. The van der Waals surface area contributed by atoms with E-state index in [0.29, 0.717) is 0 Å². The summed E-state index contributed by atoms with van der Waals surface area (Å²) in [7, 11) is 1.24. The van der Waals surface area contributed by atoms with Crippen LogP contribution in [0.3, 0.4) is 0 Å². The number of carbonyl (C=O) groups is 1. The first kappa shape index (κ1) is 11.7. The van der Waals surface area contributed by atoms with Crippen LogP contribution in [0.2, 0.25) is 0 Å². The van der Waals surface area contributed by atoms with Gasteiger partial charge in [0.15, 0.2) is 0 Å². The molecule has 0 N–H and O–H groups in total. The molecule has 0 saturated heterocycles. The molecule has 1 aromatic carbocycles. The maximum Gasteiger partial charge on any atom is 0.330 e. The first-order valence-electron chi connectivity index (χ1n) is 3.99. The van der Waals surface area contributed by atoms with Crippen LogP contribution in [0.1, 0.15) is 0 Å². The monoisotopic (exact) mass is 230 g/mol. The molecule has 0 fully saturated rings. The van der Waals surface area contributed by atoms with Gasteiger partial charge in [0, 0.05) is 6.08 Å². The predicted octanol–water partition coefficient (Wildman–Crippen LogP) is 2.74. The molecule has 15 heavy (non-hydrogen) atoms. The zero-order valence-corrected chi connectivity index (χ0v) is 8.68. The van der Waals surface area contributed by atoms with E-state index in [9.17, 15) is 13.6 Å². The lowest BCUT2D eigenvalue weighted by Crippen LogP contribution is -1.92. The number of carbonyl (C=O) groups excluding carboxylic acids is 1. The predicted molar refractivity (Wildman–Crippen MR) is 53.4 cm³/mol. The van der Waals surface area contributed by atoms with Crippen molar-refractivity contribution < 1.29 is 18.3 Å². The molecular formula is C10H8F2O2S. The van der Waals surface area contributed by atoms with Crippen LogP contribution in [0, 0.1) is 11.6 Å². The minimum atomic E-state index is -0.542. The Hall–Kier alpha value is -1.36. The molecule has 0 amide bonds. The number of ether oxygens (including phenoxy) is 1. The summed E-state index contributed by atoms with van der Waals surface area (Å²) in [6.45, 7) is 0. The van der Waals surface area contributed by atoms with Gasteiger partial charge in [-0.05, 0) is 23.6 Å². The molecule has 0 radical (unpaired) electrons. The fourth-order valence-corrected chi connectivity index (χ4v) is 1.49. The zero-order valence-electron chi connectivity index (χ0n) is 7.87. The number of hydrogen-bond acceptors (Lipinski definition) is 3. The number of esters is 1. The summed E-state index contributed by atoms with van der Waals surface area (Å²) in [5, 5.41) is 1.34. The van der Waals surface area contributed by atoms with Crippen LogP contribution in [0.15, 0.2) is 34.6 Å². The average Bonchev–Trinajstić information content (AvgIpc) is 2.23. The standard InChI is InChI=1S/C10H8F2O2S/c1-14-10(13)4-5-15-9-6-7(11)2-3-8(9)12/h2-6H,1H3/b5-4+. The fraction of sp³-hybridized carbons (Fsp3) is 0.100. The summed E-state index contributed by atoms with van der Waals surface area (Å²) >= 11 is 0.909. The van der Waals surface area contributed by atoms with Gasteiger partial charge in [0.2, 0.25) is 0 Å². The van der Waals surface area contributed by atoms with Crippen molar-refractivity contribution in [2.75, 3.05) is 7.11 Å². The van der Waals surface area contributed by atoms with E-state index in [-0.39, 0.29) is 4.90 Å². The lowest BCUT2D eigenvalue weighted by molar-refractivity contribution is -0.134. The highest BCUT2D eigenvalue weighted by Gasteiger charge is 2.02. The second-order valence-corrected chi connectivity index (χ2v) is 3.47. The van der Waals surface area contributed by atoms with Crippen molar-refractivity contribution in [2.45, 2.75) is 4.90 Å². The molecule has 0 heterocycles. The van der Waals surface area contributed by atoms with Gasteiger partial charge in [-0.15, -0.1) is 0 Å². The van der Waals surface area contributed by atoms with Crippen LogP contribution in [-0.2, 0) is 9.53 Å². The number of halogens is 2. The van der Waals surface area contributed by atoms with Crippen LogP contribution in [0.5, 0.6) is 0 Å². The Balaban J connectivity index is 2.68. The van der Waals surface area contributed by atoms with Crippen LogP contribution in [-0.4, -0.2) is 13.1 Å². The molecule has 0 spiro atoms. The Bertz CT molecular complexity index is 391. The molecule has 0 aliphatic heterocycles. The van der Waals surface area contributed by atoms with Gasteiger partial charge in [-0.2, -0.15) is 0 Å². The molecule has 0 atom stereocenters. The second kappa shape index (κ2) is 5.50. The van der Waals surface area contributed by atoms with Gasteiger partial charge in [0.25, 0.3) is 0 Å². The van der Waals surface area contributed by atoms with E-state index < -0.39 is 17.6 Å². The van der Waals surface area contributed by atoms with Crippen molar-refractivity contribution in [2.24, 2.45) is 0 Å². The third-order valence-corrected chi connectivity index (χ3v) is 2.33. The van der Waals surface area contributed by atoms with E-state index >= 15 is 0 Å². The Morgan fingerprint density at radius 3 is 2.87 bits per heavy atom. The maximum absolute atomic E-state index is 13.0. The minimum Gasteiger partial charge on any atom is -0.466 e. The number of thioether (sulfide) groups is 1. The fourth-order valence-electron chi connectivity index (χ4n) is 0.798. The molecule has 0 bridgehead atoms. The van der Waals surface area contributed by atoms with E-state index in [1.54, 1.807) is 0 Å². The largest absolute Gasteiger partial charge is 0.466 e. The molecule has 5 heteroatoms. The highest BCUT2D eigenvalue weighted by atomic mass is 32.2. The molecule has 2 nitrogen and oxygen atoms in total. The molecule has 0 aliphatic rings. The van der Waals surface area contributed by atoms with Gasteiger partial charge < -0.3 is 4.74 Å². The van der Waals surface area contributed by atoms with Crippen molar-refractivity contribution in [1.29, 1.82) is 0 Å². The van der Waals surface area contributed by atoms with Gasteiger partial charge in [-0.3, -0.25) is 0 Å². The molecule has 0 unspecified atom stereocenters. The van der Waals surface area contributed by atoms with Crippen LogP contribution in [0.25, 0.3) is 0 Å². The van der Waals surface area contributed by atoms with Crippen molar-refractivity contribution in [3.63, 3.8) is 0 Å². The van der Waals surface area contributed by atoms with E-state index in [1.165, 1.54) is 12.5 Å². The van der Waals surface area contributed by atoms with Crippen LogP contribution < -0.4 is 0 Å². The normalized spacial score (nSPS) is 10.6. The number of benzene rings is 1. The summed E-state index contributed by atoms with van der Waals surface area (Å²) in [6.07, 6.45) is 1.13. The summed E-state index contributed by atoms with van der Waals surface area (Å²) in [5.41, 5.74) is 0. The highest BCUT2D eigenvalue weighted by molar-refractivity contribution is 8.02. The van der Waals surface area contributed by atoms with Crippen molar-refractivity contribution >= 4 is 17.7 Å². The Kier molecular flexibility index (Phi) is 4.30. The SMILES string of the molecule is COC(=O)/C=C/Sc1cc(F)ccc1F. The maximum atomic E-state index is 13.0. The first-order valence-corrected chi connectivity index (χ1v) is 4.87. The van der Waals surface area contributed by atoms with E-state index in [2.05, 4.69) is 4.74 Å². The van der Waals surface area contributed by atoms with E-state index in [1.807, 2.05) is 0 Å². The van der Waals surface area contributed by atoms with Gasteiger partial charge in [-0.25, -0.2) is 13.6 Å². The van der Waals surface area contributed by atoms with Gasteiger partial charge in [-0.1, -0.05) is 11.8 Å². The van der Waals surface area contributed by atoms with Gasteiger partial charge in [0.1, 0.15) is 11.6 Å². The van der Waals surface area contributed by atoms with Crippen molar-refractivity contribution in [3.8, 4) is 0 Å². The van der Waals surface area contributed by atoms with E-state index in [0.717, 1.165) is 36.0 Å². The van der Waals surface area contributed by atoms with Crippen LogP contribution in [0.4, 0.5) is 8.78 Å². The van der Waals surface area contributed by atoms with Crippen LogP contribution >= 0.6 is 11.8 Å². The lowest BCUT2D eigenvalue weighted by atomic mass is 10.3. The molecule has 0 saturated carbocycles. The van der Waals surface area contributed by atoms with Crippen molar-refractivity contribution in [3.05, 3.63) is 41.3 Å². The number of rotatable bonds is 3. The molecular weight excluding hydrogens is 222 g/mol. The summed E-state index contributed by atoms with van der Waals surface area (Å²) in [5.74, 6) is -1.60. The molecule has 1 aromatic rings.